The van der Waals surface area contributed by atoms with Crippen LogP contribution in [-0.2, 0) is 14.3 Å². The van der Waals surface area contributed by atoms with Gasteiger partial charge in [-0.15, -0.1) is 12.4 Å². The monoisotopic (exact) mass is 434 g/mol. The molecule has 0 spiro atoms. The zero-order chi connectivity index (χ0) is 18.4. The van der Waals surface area contributed by atoms with Gasteiger partial charge < -0.3 is 9.64 Å². The molecule has 9 heteroatoms. The standard InChI is InChI=1S/C17H19ClN2O3S2.ClH/c1-19(2)9-10-23-15(21)7-8-20-16(22)14(25-17(20)24)11-12-5-3-4-6-13(12)18;/h3-6,11H,7-10H2,1-2H3;1H/b14-11-;. The van der Waals surface area contributed by atoms with Crippen LogP contribution in [0, 0.1) is 0 Å². The van der Waals surface area contributed by atoms with Gasteiger partial charge in [0, 0.05) is 18.1 Å². The van der Waals surface area contributed by atoms with Crippen molar-refractivity contribution < 1.29 is 14.3 Å². The second-order valence-corrected chi connectivity index (χ2v) is 7.71. The van der Waals surface area contributed by atoms with E-state index in [-0.39, 0.29) is 37.2 Å². The van der Waals surface area contributed by atoms with Crippen molar-refractivity contribution in [2.75, 3.05) is 33.8 Å². The highest BCUT2D eigenvalue weighted by atomic mass is 35.5. The molecule has 0 bridgehead atoms. The average molecular weight is 435 g/mol. The number of thioether (sulfide) groups is 1. The maximum atomic E-state index is 12.5. The van der Waals surface area contributed by atoms with Crippen LogP contribution in [0.5, 0.6) is 0 Å². The molecular weight excluding hydrogens is 415 g/mol. The number of thiocarbonyl (C=S) groups is 1. The first-order valence-corrected chi connectivity index (χ1v) is 9.29. The van der Waals surface area contributed by atoms with Crippen molar-refractivity contribution in [3.05, 3.63) is 39.8 Å². The Morgan fingerprint density at radius 1 is 1.38 bits per heavy atom. The van der Waals surface area contributed by atoms with Crippen molar-refractivity contribution in [1.29, 1.82) is 0 Å². The highest BCUT2D eigenvalue weighted by Crippen LogP contribution is 2.33. The summed E-state index contributed by atoms with van der Waals surface area (Å²) in [5.41, 5.74) is 0.757. The van der Waals surface area contributed by atoms with E-state index >= 15 is 0 Å². The topological polar surface area (TPSA) is 49.9 Å². The number of hydrogen-bond acceptors (Lipinski definition) is 6. The third kappa shape index (κ3) is 6.55. The molecule has 1 heterocycles. The van der Waals surface area contributed by atoms with Crippen molar-refractivity contribution in [2.24, 2.45) is 0 Å². The van der Waals surface area contributed by atoms with Gasteiger partial charge in [-0.25, -0.2) is 0 Å². The molecule has 0 aromatic heterocycles. The van der Waals surface area contributed by atoms with E-state index < -0.39 is 0 Å². The van der Waals surface area contributed by atoms with Crippen molar-refractivity contribution in [3.63, 3.8) is 0 Å². The van der Waals surface area contributed by atoms with E-state index in [1.807, 2.05) is 37.2 Å². The average Bonchev–Trinajstić information content (AvgIpc) is 2.81. The largest absolute Gasteiger partial charge is 0.464 e. The SMILES string of the molecule is CN(C)CCOC(=O)CCN1C(=O)/C(=C/c2ccccc2Cl)SC1=S.Cl. The summed E-state index contributed by atoms with van der Waals surface area (Å²) in [4.78, 5) is 28.1. The Bertz CT molecular complexity index is 711. The fourth-order valence-corrected chi connectivity index (χ4v) is 3.53. The van der Waals surface area contributed by atoms with Crippen LogP contribution in [0.25, 0.3) is 6.08 Å². The molecule has 26 heavy (non-hydrogen) atoms. The van der Waals surface area contributed by atoms with Crippen molar-refractivity contribution in [2.45, 2.75) is 6.42 Å². The molecule has 1 fully saturated rings. The molecule has 0 radical (unpaired) electrons. The number of rotatable bonds is 7. The van der Waals surface area contributed by atoms with Crippen LogP contribution in [0.1, 0.15) is 12.0 Å². The number of hydrogen-bond donors (Lipinski definition) is 0. The van der Waals surface area contributed by atoms with E-state index in [4.69, 9.17) is 28.6 Å². The van der Waals surface area contributed by atoms with Crippen LogP contribution in [0.4, 0.5) is 0 Å². The third-order valence-corrected chi connectivity index (χ3v) is 5.13. The van der Waals surface area contributed by atoms with Crippen LogP contribution in [0.15, 0.2) is 29.2 Å². The number of likely N-dealkylation sites (N-methyl/N-ethyl adjacent to an activating group) is 1. The summed E-state index contributed by atoms with van der Waals surface area (Å²) in [5.74, 6) is -0.554. The van der Waals surface area contributed by atoms with E-state index in [0.717, 1.165) is 5.56 Å². The third-order valence-electron chi connectivity index (χ3n) is 3.41. The molecule has 0 N–H and O–H groups in total. The van der Waals surface area contributed by atoms with Gasteiger partial charge >= 0.3 is 5.97 Å². The van der Waals surface area contributed by atoms with E-state index in [1.165, 1.54) is 16.7 Å². The summed E-state index contributed by atoms with van der Waals surface area (Å²) >= 11 is 12.6. The first-order valence-electron chi connectivity index (χ1n) is 7.68. The molecule has 1 saturated heterocycles. The lowest BCUT2D eigenvalue weighted by atomic mass is 10.2. The van der Waals surface area contributed by atoms with Crippen LogP contribution >= 0.6 is 48.0 Å². The summed E-state index contributed by atoms with van der Waals surface area (Å²) in [6.07, 6.45) is 1.83. The second-order valence-electron chi connectivity index (χ2n) is 5.63. The number of nitrogens with zero attached hydrogens (tertiary/aromatic N) is 2. The zero-order valence-corrected chi connectivity index (χ0v) is 17.6. The molecule has 0 aliphatic carbocycles. The maximum absolute atomic E-state index is 12.5. The number of carbonyl (C=O) groups is 2. The van der Waals surface area contributed by atoms with Crippen molar-refractivity contribution in [1.82, 2.24) is 9.80 Å². The molecule has 1 aliphatic rings. The minimum Gasteiger partial charge on any atom is -0.464 e. The summed E-state index contributed by atoms with van der Waals surface area (Å²) in [5, 5.41) is 0.567. The summed E-state index contributed by atoms with van der Waals surface area (Å²) < 4.78 is 5.56. The Hall–Kier alpha value is -1.12. The molecule has 0 unspecified atom stereocenters. The van der Waals surface area contributed by atoms with E-state index in [2.05, 4.69) is 0 Å². The number of benzene rings is 1. The van der Waals surface area contributed by atoms with Gasteiger partial charge in [-0.1, -0.05) is 53.8 Å². The highest BCUT2D eigenvalue weighted by Gasteiger charge is 2.32. The fraction of sp³-hybridized carbons (Fsp3) is 0.353. The van der Waals surface area contributed by atoms with Gasteiger partial charge in [0.25, 0.3) is 5.91 Å². The quantitative estimate of drug-likeness (QED) is 0.372. The summed E-state index contributed by atoms with van der Waals surface area (Å²) in [7, 11) is 3.80. The van der Waals surface area contributed by atoms with Crippen LogP contribution in [-0.4, -0.2) is 59.8 Å². The first-order chi connectivity index (χ1) is 11.9. The minimum atomic E-state index is -0.342. The first kappa shape index (κ1) is 22.9. The van der Waals surface area contributed by atoms with Gasteiger partial charge in [-0.2, -0.15) is 0 Å². The number of halogens is 2. The van der Waals surface area contributed by atoms with Crippen LogP contribution in [0.2, 0.25) is 5.02 Å². The molecule has 1 aliphatic heterocycles. The molecule has 142 valence electrons. The Morgan fingerprint density at radius 2 is 2.08 bits per heavy atom. The Labute approximate surface area is 174 Å². The van der Waals surface area contributed by atoms with E-state index in [1.54, 1.807) is 12.1 Å². The maximum Gasteiger partial charge on any atom is 0.307 e. The highest BCUT2D eigenvalue weighted by molar-refractivity contribution is 8.26. The smallest absolute Gasteiger partial charge is 0.307 e. The number of esters is 1. The molecule has 1 aromatic carbocycles. The normalized spacial score (nSPS) is 15.5. The van der Waals surface area contributed by atoms with Gasteiger partial charge in [0.15, 0.2) is 0 Å². The Kier molecular flexibility index (Phi) is 9.60. The number of amides is 1. The van der Waals surface area contributed by atoms with Gasteiger partial charge in [0.05, 0.1) is 11.3 Å². The molecular formula is C17H20Cl2N2O3S2. The molecule has 5 nitrogen and oxygen atoms in total. The van der Waals surface area contributed by atoms with E-state index in [0.29, 0.717) is 27.4 Å². The van der Waals surface area contributed by atoms with Crippen LogP contribution < -0.4 is 0 Å². The summed E-state index contributed by atoms with van der Waals surface area (Å²) in [6.45, 7) is 1.20. The summed E-state index contributed by atoms with van der Waals surface area (Å²) in [6, 6.07) is 7.27. The molecule has 1 aromatic rings. The predicted octanol–water partition coefficient (Wildman–Crippen LogP) is 3.46. The Balaban J connectivity index is 0.00000338. The predicted molar refractivity (Wildman–Crippen MR) is 113 cm³/mol. The minimum absolute atomic E-state index is 0. The van der Waals surface area contributed by atoms with Gasteiger partial charge in [-0.3, -0.25) is 14.5 Å². The lowest BCUT2D eigenvalue weighted by Crippen LogP contribution is -2.31. The van der Waals surface area contributed by atoms with Gasteiger partial charge in [0.2, 0.25) is 0 Å². The molecule has 2 rings (SSSR count). The van der Waals surface area contributed by atoms with Gasteiger partial charge in [0.1, 0.15) is 10.9 Å². The zero-order valence-electron chi connectivity index (χ0n) is 14.4. The van der Waals surface area contributed by atoms with Crippen molar-refractivity contribution in [3.8, 4) is 0 Å². The Morgan fingerprint density at radius 3 is 2.73 bits per heavy atom. The second kappa shape index (κ2) is 10.9. The number of ether oxygens (including phenoxy) is 1. The molecule has 0 saturated carbocycles. The van der Waals surface area contributed by atoms with Gasteiger partial charge in [-0.05, 0) is 31.8 Å². The van der Waals surface area contributed by atoms with Crippen LogP contribution in [0.3, 0.4) is 0 Å². The lowest BCUT2D eigenvalue weighted by molar-refractivity contribution is -0.144. The molecule has 0 atom stereocenters. The fourth-order valence-electron chi connectivity index (χ4n) is 2.04. The van der Waals surface area contributed by atoms with E-state index in [9.17, 15) is 9.59 Å². The van der Waals surface area contributed by atoms with Crippen molar-refractivity contribution >= 4 is 70.3 Å². The molecule has 1 amide bonds. The lowest BCUT2D eigenvalue weighted by Gasteiger charge is -2.14. The number of carbonyl (C=O) groups excluding carboxylic acids is 2.